The lowest BCUT2D eigenvalue weighted by molar-refractivity contribution is -0.127. The summed E-state index contributed by atoms with van der Waals surface area (Å²) >= 11 is 0. The Bertz CT molecular complexity index is 638. The summed E-state index contributed by atoms with van der Waals surface area (Å²) in [6.07, 6.45) is 7.29. The number of carbonyl (C=O) groups is 1. The molecule has 0 saturated carbocycles. The quantitative estimate of drug-likeness (QED) is 0.534. The van der Waals surface area contributed by atoms with E-state index in [1.54, 1.807) is 19.0 Å². The average molecular weight is 403 g/mol. The second-order valence-corrected chi connectivity index (χ2v) is 8.55. The second kappa shape index (κ2) is 11.6. The molecule has 1 aromatic heterocycles. The molecule has 0 aliphatic carbocycles. The zero-order chi connectivity index (χ0) is 21.2. The van der Waals surface area contributed by atoms with Gasteiger partial charge in [0.05, 0.1) is 0 Å². The first-order valence-electron chi connectivity index (χ1n) is 10.7. The minimum Gasteiger partial charge on any atom is -0.371 e. The molecule has 1 aliphatic heterocycles. The van der Waals surface area contributed by atoms with Crippen LogP contribution in [0.15, 0.2) is 29.5 Å². The monoisotopic (exact) mass is 402 g/mol. The highest BCUT2D eigenvalue weighted by atomic mass is 16.2. The van der Waals surface area contributed by atoms with Crippen molar-refractivity contribution in [3.05, 3.63) is 24.5 Å². The number of anilines is 1. The Morgan fingerprint density at radius 2 is 1.90 bits per heavy atom. The van der Waals surface area contributed by atoms with Gasteiger partial charge in [-0.15, -0.1) is 0 Å². The highest BCUT2D eigenvalue weighted by Gasteiger charge is 2.20. The maximum absolute atomic E-state index is 11.9. The summed E-state index contributed by atoms with van der Waals surface area (Å²) in [5, 5.41) is 3.42. The number of nitrogens with one attached hydrogen (secondary N) is 1. The van der Waals surface area contributed by atoms with Crippen LogP contribution >= 0.6 is 0 Å². The lowest BCUT2D eigenvalue weighted by Crippen LogP contribution is -2.42. The third-order valence-corrected chi connectivity index (χ3v) is 5.41. The van der Waals surface area contributed by atoms with Gasteiger partial charge < -0.3 is 20.0 Å². The minimum atomic E-state index is 0.0192. The van der Waals surface area contributed by atoms with Crippen LogP contribution in [0.1, 0.15) is 33.1 Å². The molecule has 1 N–H and O–H groups in total. The average Bonchev–Trinajstić information content (AvgIpc) is 2.72. The number of carbonyl (C=O) groups excluding carboxylic acids is 1. The number of rotatable bonds is 8. The summed E-state index contributed by atoms with van der Waals surface area (Å²) in [4.78, 5) is 26.8. The molecule has 1 aliphatic rings. The summed E-state index contributed by atoms with van der Waals surface area (Å²) in [6.45, 7) is 8.52. The van der Waals surface area contributed by atoms with Crippen LogP contribution < -0.4 is 10.2 Å². The van der Waals surface area contributed by atoms with Gasteiger partial charge in [-0.3, -0.25) is 9.78 Å². The summed E-state index contributed by atoms with van der Waals surface area (Å²) in [7, 11) is 5.60. The van der Waals surface area contributed by atoms with E-state index < -0.39 is 0 Å². The van der Waals surface area contributed by atoms with Crippen LogP contribution in [0.2, 0.25) is 0 Å². The Morgan fingerprint density at radius 1 is 1.24 bits per heavy atom. The number of aromatic nitrogens is 1. The fourth-order valence-electron chi connectivity index (χ4n) is 3.41. The van der Waals surface area contributed by atoms with Crippen molar-refractivity contribution in [2.75, 3.05) is 58.8 Å². The van der Waals surface area contributed by atoms with Crippen molar-refractivity contribution in [2.24, 2.45) is 16.8 Å². The number of hydrogen-bond acceptors (Lipinski definition) is 4. The number of nitrogens with zero attached hydrogens (tertiary/aromatic N) is 5. The van der Waals surface area contributed by atoms with E-state index in [4.69, 9.17) is 0 Å². The van der Waals surface area contributed by atoms with E-state index >= 15 is 0 Å². The first-order valence-corrected chi connectivity index (χ1v) is 10.7. The normalized spacial score (nSPS) is 15.5. The van der Waals surface area contributed by atoms with Crippen molar-refractivity contribution in [3.8, 4) is 0 Å². The molecule has 0 atom stereocenters. The molecule has 162 valence electrons. The van der Waals surface area contributed by atoms with Crippen molar-refractivity contribution in [1.29, 1.82) is 0 Å². The standard InChI is InChI=1S/C22H38N6O/c1-18(2)16-24-22(25-17-21(29)26(3)4)27(5)13-8-19-9-14-28(15-10-19)20-6-11-23-12-7-20/h6-7,11-12,18-19H,8-10,13-17H2,1-5H3,(H,24,25). The van der Waals surface area contributed by atoms with Crippen LogP contribution in [-0.2, 0) is 4.79 Å². The van der Waals surface area contributed by atoms with Crippen LogP contribution in [0.25, 0.3) is 0 Å². The van der Waals surface area contributed by atoms with Gasteiger partial charge in [0.25, 0.3) is 0 Å². The Labute approximate surface area is 176 Å². The van der Waals surface area contributed by atoms with Gasteiger partial charge in [-0.1, -0.05) is 13.8 Å². The predicted molar refractivity (Wildman–Crippen MR) is 120 cm³/mol. The number of piperidine rings is 1. The molecular weight excluding hydrogens is 364 g/mol. The number of hydrogen-bond donors (Lipinski definition) is 1. The Balaban J connectivity index is 1.83. The highest BCUT2D eigenvalue weighted by Crippen LogP contribution is 2.24. The molecule has 7 nitrogen and oxygen atoms in total. The first-order chi connectivity index (χ1) is 13.9. The zero-order valence-electron chi connectivity index (χ0n) is 18.8. The van der Waals surface area contributed by atoms with Crippen molar-refractivity contribution in [3.63, 3.8) is 0 Å². The van der Waals surface area contributed by atoms with Crippen LogP contribution in [0.5, 0.6) is 0 Å². The Hall–Kier alpha value is -2.31. The van der Waals surface area contributed by atoms with Crippen LogP contribution in [0.3, 0.4) is 0 Å². The van der Waals surface area contributed by atoms with E-state index in [9.17, 15) is 4.79 Å². The smallest absolute Gasteiger partial charge is 0.243 e. The van der Waals surface area contributed by atoms with Crippen LogP contribution in [0, 0.1) is 11.8 Å². The lowest BCUT2D eigenvalue weighted by atomic mass is 9.93. The topological polar surface area (TPSA) is 64.1 Å². The van der Waals surface area contributed by atoms with Crippen molar-refractivity contribution < 1.29 is 4.79 Å². The fourth-order valence-corrected chi connectivity index (χ4v) is 3.41. The fraction of sp³-hybridized carbons (Fsp3) is 0.682. The van der Waals surface area contributed by atoms with Gasteiger partial charge in [-0.2, -0.15) is 0 Å². The van der Waals surface area contributed by atoms with Crippen LogP contribution in [-0.4, -0.2) is 80.5 Å². The van der Waals surface area contributed by atoms with E-state index in [1.807, 2.05) is 12.4 Å². The third kappa shape index (κ3) is 7.91. The molecule has 1 aromatic rings. The summed E-state index contributed by atoms with van der Waals surface area (Å²) in [5.41, 5.74) is 1.27. The van der Waals surface area contributed by atoms with Gasteiger partial charge >= 0.3 is 0 Å². The number of aliphatic imine (C=N–C) groups is 1. The molecule has 1 fully saturated rings. The summed E-state index contributed by atoms with van der Waals surface area (Å²) in [6, 6.07) is 4.18. The number of likely N-dealkylation sites (N-methyl/N-ethyl adjacent to an activating group) is 1. The van der Waals surface area contributed by atoms with Crippen molar-refractivity contribution >= 4 is 17.6 Å². The Kier molecular flexibility index (Phi) is 9.22. The van der Waals surface area contributed by atoms with Gasteiger partial charge in [0.2, 0.25) is 5.91 Å². The molecule has 0 radical (unpaired) electrons. The predicted octanol–water partition coefficient (Wildman–Crippen LogP) is 2.31. The van der Waals surface area contributed by atoms with Crippen molar-refractivity contribution in [1.82, 2.24) is 20.1 Å². The Morgan fingerprint density at radius 3 is 2.48 bits per heavy atom. The zero-order valence-corrected chi connectivity index (χ0v) is 18.8. The molecule has 2 heterocycles. The molecule has 1 amide bonds. The van der Waals surface area contributed by atoms with E-state index in [-0.39, 0.29) is 12.5 Å². The van der Waals surface area contributed by atoms with Gasteiger partial charge in [-0.25, -0.2) is 4.99 Å². The molecular formula is C22H38N6O. The molecule has 29 heavy (non-hydrogen) atoms. The minimum absolute atomic E-state index is 0.0192. The van der Waals surface area contributed by atoms with Gasteiger partial charge in [-0.05, 0) is 43.2 Å². The van der Waals surface area contributed by atoms with E-state index in [1.165, 1.54) is 18.5 Å². The molecule has 0 unspecified atom stereocenters. The van der Waals surface area contributed by atoms with E-state index in [0.29, 0.717) is 5.92 Å². The maximum Gasteiger partial charge on any atom is 0.243 e. The van der Waals surface area contributed by atoms with E-state index in [2.05, 4.69) is 58.1 Å². The first kappa shape index (κ1) is 23.0. The number of amides is 1. The summed E-state index contributed by atoms with van der Waals surface area (Å²) in [5.74, 6) is 2.09. The molecule has 0 bridgehead atoms. The maximum atomic E-state index is 11.9. The summed E-state index contributed by atoms with van der Waals surface area (Å²) < 4.78 is 0. The molecule has 7 heteroatoms. The van der Waals surface area contributed by atoms with Gasteiger partial charge in [0.15, 0.2) is 5.96 Å². The highest BCUT2D eigenvalue weighted by molar-refractivity contribution is 5.84. The molecule has 2 rings (SSSR count). The largest absolute Gasteiger partial charge is 0.371 e. The third-order valence-electron chi connectivity index (χ3n) is 5.41. The van der Waals surface area contributed by atoms with Gasteiger partial charge in [0, 0.05) is 65.4 Å². The number of pyridine rings is 1. The SMILES string of the molecule is CC(C)CNC(=NCC(=O)N(C)C)N(C)CCC1CCN(c2ccncc2)CC1. The lowest BCUT2D eigenvalue weighted by Gasteiger charge is -2.34. The number of guanidine groups is 1. The van der Waals surface area contributed by atoms with Crippen molar-refractivity contribution in [2.45, 2.75) is 33.1 Å². The molecule has 0 spiro atoms. The molecule has 0 aromatic carbocycles. The second-order valence-electron chi connectivity index (χ2n) is 8.55. The van der Waals surface area contributed by atoms with Crippen LogP contribution in [0.4, 0.5) is 5.69 Å². The van der Waals surface area contributed by atoms with E-state index in [0.717, 1.165) is 44.5 Å². The van der Waals surface area contributed by atoms with Gasteiger partial charge in [0.1, 0.15) is 6.54 Å². The molecule has 1 saturated heterocycles.